The molecular formula is C38H45N3O4S. The molecule has 1 N–H and O–H groups in total. The number of carbonyl (C=O) groups is 2. The molecule has 2 amide bonds. The highest BCUT2D eigenvalue weighted by Gasteiger charge is 2.35. The van der Waals surface area contributed by atoms with Crippen molar-refractivity contribution in [1.82, 2.24) is 10.2 Å². The molecule has 0 heterocycles. The van der Waals surface area contributed by atoms with Crippen molar-refractivity contribution in [3.05, 3.63) is 130 Å². The predicted octanol–water partition coefficient (Wildman–Crippen LogP) is 6.67. The van der Waals surface area contributed by atoms with Gasteiger partial charge in [0.25, 0.3) is 10.0 Å². The van der Waals surface area contributed by atoms with Gasteiger partial charge >= 0.3 is 0 Å². The number of rotatable bonds is 14. The monoisotopic (exact) mass is 639 g/mol. The van der Waals surface area contributed by atoms with Crippen LogP contribution in [0.1, 0.15) is 53.1 Å². The van der Waals surface area contributed by atoms with Gasteiger partial charge < -0.3 is 10.2 Å². The van der Waals surface area contributed by atoms with E-state index in [1.807, 2.05) is 88.4 Å². The Labute approximate surface area is 274 Å². The van der Waals surface area contributed by atoms with Gasteiger partial charge in [-0.2, -0.15) is 0 Å². The third-order valence-corrected chi connectivity index (χ3v) is 10.1. The van der Waals surface area contributed by atoms with Crippen LogP contribution >= 0.6 is 0 Å². The van der Waals surface area contributed by atoms with Crippen molar-refractivity contribution in [1.29, 1.82) is 0 Å². The number of hydrogen-bond donors (Lipinski definition) is 1. The first kappa shape index (κ1) is 34.4. The first-order valence-electron chi connectivity index (χ1n) is 15.8. The van der Waals surface area contributed by atoms with Gasteiger partial charge in [-0.3, -0.25) is 13.9 Å². The van der Waals surface area contributed by atoms with Gasteiger partial charge in [-0.05, 0) is 74.6 Å². The fourth-order valence-corrected chi connectivity index (χ4v) is 6.78. The summed E-state index contributed by atoms with van der Waals surface area (Å²) in [5.74, 6) is -0.735. The fourth-order valence-electron chi connectivity index (χ4n) is 5.31. The summed E-state index contributed by atoms with van der Waals surface area (Å²) >= 11 is 0. The van der Waals surface area contributed by atoms with Gasteiger partial charge in [0.15, 0.2) is 0 Å². The highest BCUT2D eigenvalue weighted by molar-refractivity contribution is 7.92. The first-order chi connectivity index (χ1) is 22.0. The Morgan fingerprint density at radius 2 is 1.39 bits per heavy atom. The van der Waals surface area contributed by atoms with E-state index in [1.165, 1.54) is 4.31 Å². The predicted molar refractivity (Wildman–Crippen MR) is 185 cm³/mol. The Balaban J connectivity index is 1.81. The average molecular weight is 640 g/mol. The summed E-state index contributed by atoms with van der Waals surface area (Å²) in [7, 11) is -4.15. The van der Waals surface area contributed by atoms with Crippen LogP contribution in [0.3, 0.4) is 0 Å². The van der Waals surface area contributed by atoms with Crippen molar-refractivity contribution in [2.75, 3.05) is 17.4 Å². The lowest BCUT2D eigenvalue weighted by molar-refractivity contribution is -0.140. The van der Waals surface area contributed by atoms with Crippen LogP contribution in [0.25, 0.3) is 0 Å². The largest absolute Gasteiger partial charge is 0.354 e. The van der Waals surface area contributed by atoms with Crippen molar-refractivity contribution in [2.45, 2.75) is 71.4 Å². The minimum absolute atomic E-state index is 0.0926. The zero-order valence-corrected chi connectivity index (χ0v) is 28.3. The second-order valence-electron chi connectivity index (χ2n) is 11.9. The number of amides is 2. The van der Waals surface area contributed by atoms with Crippen molar-refractivity contribution < 1.29 is 18.0 Å². The third-order valence-electron chi connectivity index (χ3n) is 8.31. The molecule has 0 aliphatic rings. The van der Waals surface area contributed by atoms with Crippen LogP contribution in [0, 0.1) is 27.7 Å². The number of anilines is 1. The molecule has 0 spiro atoms. The number of sulfonamides is 1. The maximum Gasteiger partial charge on any atom is 0.264 e. The molecule has 0 aliphatic carbocycles. The lowest BCUT2D eigenvalue weighted by Crippen LogP contribution is -2.53. The highest BCUT2D eigenvalue weighted by Crippen LogP contribution is 2.29. The quantitative estimate of drug-likeness (QED) is 0.156. The standard InChI is InChI=1S/C38H45N3O4S/c1-6-7-24-39-38(43)36(25-32-13-9-8-10-14-32)40(26-33-20-16-28(2)17-21-33)37(42)27-41(35-15-11-12-30(4)31(35)5)46(44,45)34-22-18-29(3)19-23-34/h8-23,36H,6-7,24-27H2,1-5H3,(H,39,43). The molecule has 8 heteroatoms. The molecule has 1 unspecified atom stereocenters. The molecule has 7 nitrogen and oxygen atoms in total. The molecule has 0 fully saturated rings. The van der Waals surface area contributed by atoms with E-state index in [1.54, 1.807) is 41.3 Å². The number of benzene rings is 4. The van der Waals surface area contributed by atoms with E-state index in [0.717, 1.165) is 46.2 Å². The number of carbonyl (C=O) groups excluding carboxylic acids is 2. The maximum atomic E-state index is 14.6. The number of nitrogens with zero attached hydrogens (tertiary/aromatic N) is 2. The van der Waals surface area contributed by atoms with E-state index in [4.69, 9.17) is 0 Å². The molecule has 46 heavy (non-hydrogen) atoms. The van der Waals surface area contributed by atoms with E-state index in [2.05, 4.69) is 12.2 Å². The smallest absolute Gasteiger partial charge is 0.264 e. The van der Waals surface area contributed by atoms with Crippen LogP contribution in [0.4, 0.5) is 5.69 Å². The Kier molecular flexibility index (Phi) is 11.8. The van der Waals surface area contributed by atoms with Crippen molar-refractivity contribution in [3.63, 3.8) is 0 Å². The topological polar surface area (TPSA) is 86.8 Å². The fraction of sp³-hybridized carbons (Fsp3) is 0.316. The minimum Gasteiger partial charge on any atom is -0.354 e. The average Bonchev–Trinajstić information content (AvgIpc) is 3.04. The van der Waals surface area contributed by atoms with Crippen LogP contribution < -0.4 is 9.62 Å². The SMILES string of the molecule is CCCCNC(=O)C(Cc1ccccc1)N(Cc1ccc(C)cc1)C(=O)CN(c1cccc(C)c1C)S(=O)(=O)c1ccc(C)cc1. The van der Waals surface area contributed by atoms with Crippen molar-refractivity contribution >= 4 is 27.5 Å². The molecule has 0 saturated heterocycles. The zero-order chi connectivity index (χ0) is 33.3. The molecule has 0 aliphatic heterocycles. The molecular weight excluding hydrogens is 595 g/mol. The maximum absolute atomic E-state index is 14.6. The lowest BCUT2D eigenvalue weighted by Gasteiger charge is -2.34. The Hall–Kier alpha value is -4.43. The third kappa shape index (κ3) is 8.63. The molecule has 0 saturated carbocycles. The van der Waals surface area contributed by atoms with Crippen LogP contribution in [0.2, 0.25) is 0 Å². The number of nitrogens with one attached hydrogen (secondary N) is 1. The summed E-state index contributed by atoms with van der Waals surface area (Å²) in [6.45, 7) is 9.87. The minimum atomic E-state index is -4.15. The number of aryl methyl sites for hydroxylation is 3. The van der Waals surface area contributed by atoms with E-state index in [9.17, 15) is 18.0 Å². The molecule has 0 radical (unpaired) electrons. The highest BCUT2D eigenvalue weighted by atomic mass is 32.2. The van der Waals surface area contributed by atoms with Crippen LogP contribution in [-0.4, -0.2) is 44.3 Å². The van der Waals surface area contributed by atoms with Gasteiger partial charge in [0.05, 0.1) is 10.6 Å². The van der Waals surface area contributed by atoms with Crippen molar-refractivity contribution in [2.24, 2.45) is 0 Å². The van der Waals surface area contributed by atoms with Crippen molar-refractivity contribution in [3.8, 4) is 0 Å². The Morgan fingerprint density at radius 1 is 0.761 bits per heavy atom. The summed E-state index contributed by atoms with van der Waals surface area (Å²) in [4.78, 5) is 30.1. The lowest BCUT2D eigenvalue weighted by atomic mass is 10.0. The molecule has 242 valence electrons. The first-order valence-corrected chi connectivity index (χ1v) is 17.3. The zero-order valence-electron chi connectivity index (χ0n) is 27.5. The van der Waals surface area contributed by atoms with E-state index in [0.29, 0.717) is 12.2 Å². The van der Waals surface area contributed by atoms with E-state index >= 15 is 0 Å². The van der Waals surface area contributed by atoms with Crippen LogP contribution in [-0.2, 0) is 32.6 Å². The summed E-state index contributed by atoms with van der Waals surface area (Å²) < 4.78 is 29.8. The Morgan fingerprint density at radius 3 is 2.02 bits per heavy atom. The Bertz CT molecular complexity index is 1720. The number of unbranched alkanes of at least 4 members (excludes halogenated alkanes) is 1. The van der Waals surface area contributed by atoms with Crippen LogP contribution in [0.15, 0.2) is 102 Å². The molecule has 0 bridgehead atoms. The summed E-state index contributed by atoms with van der Waals surface area (Å²) in [6.07, 6.45) is 2.01. The van der Waals surface area contributed by atoms with Gasteiger partial charge in [-0.1, -0.05) is 103 Å². The van der Waals surface area contributed by atoms with Gasteiger partial charge in [0.2, 0.25) is 11.8 Å². The van der Waals surface area contributed by atoms with Gasteiger partial charge in [0, 0.05) is 19.5 Å². The molecule has 4 aromatic rings. The number of hydrogen-bond acceptors (Lipinski definition) is 4. The normalized spacial score (nSPS) is 11.9. The summed E-state index contributed by atoms with van der Waals surface area (Å²) in [5.41, 5.74) is 5.84. The second kappa shape index (κ2) is 15.7. The molecule has 4 rings (SSSR count). The van der Waals surface area contributed by atoms with Gasteiger partial charge in [-0.25, -0.2) is 8.42 Å². The second-order valence-corrected chi connectivity index (χ2v) is 13.8. The van der Waals surface area contributed by atoms with Gasteiger partial charge in [0.1, 0.15) is 12.6 Å². The van der Waals surface area contributed by atoms with E-state index < -0.39 is 28.5 Å². The molecule has 4 aromatic carbocycles. The summed E-state index contributed by atoms with van der Waals surface area (Å²) in [6, 6.07) is 28.6. The molecule has 0 aromatic heterocycles. The van der Waals surface area contributed by atoms with Gasteiger partial charge in [-0.15, -0.1) is 0 Å². The summed E-state index contributed by atoms with van der Waals surface area (Å²) in [5, 5.41) is 3.03. The van der Waals surface area contributed by atoms with E-state index in [-0.39, 0.29) is 23.8 Å². The van der Waals surface area contributed by atoms with Crippen LogP contribution in [0.5, 0.6) is 0 Å². The molecule has 1 atom stereocenters.